The zero-order valence-electron chi connectivity index (χ0n) is 19.8. The van der Waals surface area contributed by atoms with Gasteiger partial charge < -0.3 is 15.8 Å². The van der Waals surface area contributed by atoms with Crippen LogP contribution < -0.4 is 15.8 Å². The van der Waals surface area contributed by atoms with Crippen molar-refractivity contribution >= 4 is 27.2 Å². The maximum Gasteiger partial charge on any atom is 0.255 e. The number of aryl methyl sites for hydroxylation is 2. The number of sulfone groups is 1. The van der Waals surface area contributed by atoms with Crippen molar-refractivity contribution < 1.29 is 17.9 Å². The molecule has 1 atom stereocenters. The second kappa shape index (κ2) is 9.12. The van der Waals surface area contributed by atoms with Crippen LogP contribution in [0.15, 0.2) is 72.0 Å². The molecule has 0 saturated heterocycles. The second-order valence-electron chi connectivity index (χ2n) is 8.74. The first kappa shape index (κ1) is 23.6. The van der Waals surface area contributed by atoms with E-state index < -0.39 is 9.84 Å². The minimum atomic E-state index is -3.32. The fourth-order valence-corrected chi connectivity index (χ4v) is 5.74. The number of nitrogens with zero attached hydrogens (tertiary/aromatic N) is 3. The van der Waals surface area contributed by atoms with E-state index in [9.17, 15) is 13.2 Å². The third-order valence-corrected chi connectivity index (χ3v) is 7.93. The van der Waals surface area contributed by atoms with Crippen LogP contribution >= 0.6 is 0 Å². The molecule has 10 heteroatoms. The van der Waals surface area contributed by atoms with Gasteiger partial charge in [0.2, 0.25) is 0 Å². The van der Waals surface area contributed by atoms with Crippen LogP contribution in [0.2, 0.25) is 0 Å². The van der Waals surface area contributed by atoms with Gasteiger partial charge in [-0.15, -0.1) is 0 Å². The Balaban J connectivity index is 1.32. The molecule has 0 spiro atoms. The monoisotopic (exact) mass is 503 g/mol. The summed E-state index contributed by atoms with van der Waals surface area (Å²) in [5, 5.41) is 7.03. The van der Waals surface area contributed by atoms with Gasteiger partial charge in [0.05, 0.1) is 16.8 Å². The number of nitrogens with one attached hydrogen (secondary N) is 1. The standard InChI is InChI=1S/C26H25N5O4S/c1-16(35-23-11-20(13-28-25(23)27)21-14-29-31(2)15-21)18-4-3-5-22(10-18)30-26(32)19-7-6-17-8-9-36(33,34)24(17)12-19/h3-7,10-16H,8-9H2,1-2H3,(H2,27,28)(H,30,32). The SMILES string of the molecule is CC(Oc1cc(-c2cnn(C)c2)cnc1N)c1cccc(NC(=O)c2ccc3c(c2)S(=O)(=O)CC3)c1. The third-order valence-electron chi connectivity index (χ3n) is 6.14. The van der Waals surface area contributed by atoms with Crippen LogP contribution in [-0.4, -0.2) is 34.8 Å². The zero-order valence-corrected chi connectivity index (χ0v) is 20.6. The van der Waals surface area contributed by atoms with Crippen LogP contribution in [0.3, 0.4) is 0 Å². The van der Waals surface area contributed by atoms with Crippen molar-refractivity contribution in [1.29, 1.82) is 0 Å². The number of amides is 1. The van der Waals surface area contributed by atoms with Crippen LogP contribution in [0.5, 0.6) is 5.75 Å². The van der Waals surface area contributed by atoms with Gasteiger partial charge in [0.25, 0.3) is 5.91 Å². The third kappa shape index (κ3) is 4.67. The molecule has 3 N–H and O–H groups in total. The van der Waals surface area contributed by atoms with Gasteiger partial charge in [0.15, 0.2) is 21.4 Å². The predicted octanol–water partition coefficient (Wildman–Crippen LogP) is 3.79. The molecule has 3 heterocycles. The highest BCUT2D eigenvalue weighted by atomic mass is 32.2. The predicted molar refractivity (Wildman–Crippen MR) is 136 cm³/mol. The molecule has 0 saturated carbocycles. The van der Waals surface area contributed by atoms with Crippen molar-refractivity contribution in [3.8, 4) is 16.9 Å². The van der Waals surface area contributed by atoms with Crippen molar-refractivity contribution in [2.45, 2.75) is 24.3 Å². The topological polar surface area (TPSA) is 129 Å². The fraction of sp³-hybridized carbons (Fsp3) is 0.192. The van der Waals surface area contributed by atoms with Gasteiger partial charge in [0, 0.05) is 41.8 Å². The summed E-state index contributed by atoms with van der Waals surface area (Å²) in [6.45, 7) is 1.88. The van der Waals surface area contributed by atoms with E-state index in [2.05, 4.69) is 15.4 Å². The van der Waals surface area contributed by atoms with Crippen molar-refractivity contribution in [2.75, 3.05) is 16.8 Å². The van der Waals surface area contributed by atoms with Crippen molar-refractivity contribution in [1.82, 2.24) is 14.8 Å². The van der Waals surface area contributed by atoms with Gasteiger partial charge in [-0.05, 0) is 54.8 Å². The Bertz CT molecular complexity index is 1580. The number of carbonyl (C=O) groups is 1. The fourth-order valence-electron chi connectivity index (χ4n) is 4.15. The molecule has 1 aliphatic heterocycles. The van der Waals surface area contributed by atoms with E-state index in [1.165, 1.54) is 6.07 Å². The molecule has 36 heavy (non-hydrogen) atoms. The normalized spacial score (nSPS) is 14.7. The Kier molecular flexibility index (Phi) is 5.97. The van der Waals surface area contributed by atoms with E-state index in [0.717, 1.165) is 22.3 Å². The van der Waals surface area contributed by atoms with E-state index in [-0.39, 0.29) is 28.5 Å². The lowest BCUT2D eigenvalue weighted by molar-refractivity contribution is 0.102. The molecule has 4 aromatic rings. The van der Waals surface area contributed by atoms with Crippen LogP contribution in [-0.2, 0) is 23.3 Å². The lowest BCUT2D eigenvalue weighted by atomic mass is 10.1. The Labute approximate surface area is 208 Å². The number of anilines is 2. The number of fused-ring (bicyclic) bond motifs is 1. The zero-order chi connectivity index (χ0) is 25.4. The molecule has 9 nitrogen and oxygen atoms in total. The first-order chi connectivity index (χ1) is 17.2. The second-order valence-corrected chi connectivity index (χ2v) is 10.8. The molecule has 1 amide bonds. The van der Waals surface area contributed by atoms with Crippen molar-refractivity contribution in [3.63, 3.8) is 0 Å². The highest BCUT2D eigenvalue weighted by Gasteiger charge is 2.27. The molecular weight excluding hydrogens is 478 g/mol. The number of ether oxygens (including phenoxy) is 1. The number of pyridine rings is 1. The summed E-state index contributed by atoms with van der Waals surface area (Å²) in [4.78, 5) is 17.3. The number of aromatic nitrogens is 3. The number of benzene rings is 2. The summed E-state index contributed by atoms with van der Waals surface area (Å²) < 4.78 is 32.3. The molecular formula is C26H25N5O4S. The average Bonchev–Trinajstić information content (AvgIpc) is 3.43. The maximum atomic E-state index is 12.8. The van der Waals surface area contributed by atoms with Gasteiger partial charge in [-0.1, -0.05) is 18.2 Å². The molecule has 0 bridgehead atoms. The minimum absolute atomic E-state index is 0.0819. The lowest BCUT2D eigenvalue weighted by Gasteiger charge is -2.17. The molecule has 184 valence electrons. The first-order valence-electron chi connectivity index (χ1n) is 11.4. The summed E-state index contributed by atoms with van der Waals surface area (Å²) in [6.07, 6.45) is 5.38. The van der Waals surface area contributed by atoms with E-state index >= 15 is 0 Å². The van der Waals surface area contributed by atoms with Crippen LogP contribution in [0.4, 0.5) is 11.5 Å². The maximum absolute atomic E-state index is 12.8. The Morgan fingerprint density at radius 3 is 2.75 bits per heavy atom. The van der Waals surface area contributed by atoms with E-state index in [4.69, 9.17) is 10.5 Å². The highest BCUT2D eigenvalue weighted by Crippen LogP contribution is 2.31. The minimum Gasteiger partial charge on any atom is -0.482 e. The summed E-state index contributed by atoms with van der Waals surface area (Å²) >= 11 is 0. The Morgan fingerprint density at radius 2 is 1.97 bits per heavy atom. The molecule has 2 aromatic carbocycles. The number of rotatable bonds is 6. The highest BCUT2D eigenvalue weighted by molar-refractivity contribution is 7.91. The van der Waals surface area contributed by atoms with Gasteiger partial charge >= 0.3 is 0 Å². The van der Waals surface area contributed by atoms with Gasteiger partial charge in [-0.2, -0.15) is 5.10 Å². The largest absolute Gasteiger partial charge is 0.482 e. The van der Waals surface area contributed by atoms with Crippen LogP contribution in [0.1, 0.15) is 34.5 Å². The van der Waals surface area contributed by atoms with Gasteiger partial charge in [0.1, 0.15) is 6.10 Å². The number of nitrogen functional groups attached to an aromatic ring is 1. The molecule has 1 aliphatic rings. The molecule has 0 radical (unpaired) electrons. The van der Waals surface area contributed by atoms with Crippen LogP contribution in [0, 0.1) is 0 Å². The lowest BCUT2D eigenvalue weighted by Crippen LogP contribution is -2.13. The summed E-state index contributed by atoms with van der Waals surface area (Å²) in [5.74, 6) is 0.407. The van der Waals surface area contributed by atoms with E-state index in [1.54, 1.807) is 41.3 Å². The van der Waals surface area contributed by atoms with E-state index in [0.29, 0.717) is 23.4 Å². The number of nitrogens with two attached hydrogens (primary N) is 1. The number of hydrogen-bond acceptors (Lipinski definition) is 7. The molecule has 0 fully saturated rings. The Hall–Kier alpha value is -4.18. The van der Waals surface area contributed by atoms with Crippen molar-refractivity contribution in [3.05, 3.63) is 83.8 Å². The summed E-state index contributed by atoms with van der Waals surface area (Å²) in [6, 6.07) is 13.9. The Morgan fingerprint density at radius 1 is 1.14 bits per heavy atom. The molecule has 1 unspecified atom stereocenters. The average molecular weight is 504 g/mol. The van der Waals surface area contributed by atoms with E-state index in [1.807, 2.05) is 38.4 Å². The van der Waals surface area contributed by atoms with Crippen molar-refractivity contribution in [2.24, 2.45) is 7.05 Å². The molecule has 0 aliphatic carbocycles. The number of carbonyl (C=O) groups excluding carboxylic acids is 1. The summed E-state index contributed by atoms with van der Waals surface area (Å²) in [7, 11) is -1.48. The van der Waals surface area contributed by atoms with Crippen LogP contribution in [0.25, 0.3) is 11.1 Å². The van der Waals surface area contributed by atoms with Gasteiger partial charge in [-0.25, -0.2) is 13.4 Å². The first-order valence-corrected chi connectivity index (χ1v) is 13.0. The molecule has 2 aromatic heterocycles. The smallest absolute Gasteiger partial charge is 0.255 e. The summed E-state index contributed by atoms with van der Waals surface area (Å²) in [5.41, 5.74) is 10.2. The van der Waals surface area contributed by atoms with Gasteiger partial charge in [-0.3, -0.25) is 9.48 Å². The number of hydrogen-bond donors (Lipinski definition) is 2. The molecule has 5 rings (SSSR count). The quantitative estimate of drug-likeness (QED) is 0.410.